The minimum atomic E-state index is -0.478. The number of carbonyl (C=O) groups excluding carboxylic acids is 1. The highest BCUT2D eigenvalue weighted by atomic mass is 35.5. The minimum Gasteiger partial charge on any atom is -0.336 e. The highest BCUT2D eigenvalue weighted by Crippen LogP contribution is 2.21. The number of benzene rings is 2. The Morgan fingerprint density at radius 1 is 1.21 bits per heavy atom. The number of aromatic nitrogens is 1. The Hall–Kier alpha value is -2.66. The fourth-order valence-corrected chi connectivity index (χ4v) is 2.75. The quantitative estimate of drug-likeness (QED) is 0.789. The Morgan fingerprint density at radius 2 is 1.96 bits per heavy atom. The van der Waals surface area contributed by atoms with Crippen LogP contribution in [-0.4, -0.2) is 22.8 Å². The van der Waals surface area contributed by atoms with Crippen LogP contribution in [0.15, 0.2) is 53.3 Å². The van der Waals surface area contributed by atoms with Gasteiger partial charge >= 0.3 is 0 Å². The third-order valence-corrected chi connectivity index (χ3v) is 4.14. The van der Waals surface area contributed by atoms with Crippen LogP contribution in [0.2, 0.25) is 5.02 Å². The van der Waals surface area contributed by atoms with Gasteiger partial charge in [0, 0.05) is 23.0 Å². The van der Waals surface area contributed by atoms with Crippen molar-refractivity contribution in [3.63, 3.8) is 0 Å². The van der Waals surface area contributed by atoms with Crippen molar-refractivity contribution < 1.29 is 9.18 Å². The van der Waals surface area contributed by atoms with Gasteiger partial charge in [-0.2, -0.15) is 0 Å². The number of carbonyl (C=O) groups is 1. The monoisotopic (exact) mass is 344 g/mol. The molecule has 1 aromatic heterocycles. The molecule has 0 bridgehead atoms. The van der Waals surface area contributed by atoms with Gasteiger partial charge in [-0.25, -0.2) is 4.39 Å². The minimum absolute atomic E-state index is 0.000796. The van der Waals surface area contributed by atoms with Crippen LogP contribution in [0.3, 0.4) is 0 Å². The van der Waals surface area contributed by atoms with E-state index in [9.17, 15) is 14.0 Å². The standard InChI is InChI=1S/C18H14ClFN2O2/c1-22(10-13-14(19)7-4-8-15(13)20)18(24)16-9-11-5-2-3-6-12(11)17(23)21-16/h2-9H,10H2,1H3,(H,21,23). The predicted octanol–water partition coefficient (Wildman–Crippen LogP) is 3.59. The van der Waals surface area contributed by atoms with E-state index in [1.807, 2.05) is 0 Å². The summed E-state index contributed by atoms with van der Waals surface area (Å²) in [7, 11) is 1.53. The molecule has 1 heterocycles. The molecule has 0 saturated heterocycles. The molecular weight excluding hydrogens is 331 g/mol. The first kappa shape index (κ1) is 16.2. The van der Waals surface area contributed by atoms with E-state index < -0.39 is 11.7 Å². The van der Waals surface area contributed by atoms with Crippen LogP contribution in [0.25, 0.3) is 10.8 Å². The van der Waals surface area contributed by atoms with E-state index in [2.05, 4.69) is 4.98 Å². The number of aromatic amines is 1. The summed E-state index contributed by atoms with van der Waals surface area (Å²) in [4.78, 5) is 28.5. The first-order chi connectivity index (χ1) is 11.5. The molecule has 1 N–H and O–H groups in total. The molecule has 0 aliphatic carbocycles. The van der Waals surface area contributed by atoms with Gasteiger partial charge in [-0.1, -0.05) is 35.9 Å². The Labute approximate surface area is 142 Å². The van der Waals surface area contributed by atoms with Crippen LogP contribution in [0, 0.1) is 5.82 Å². The highest BCUT2D eigenvalue weighted by molar-refractivity contribution is 6.31. The molecule has 0 aliphatic heterocycles. The fraction of sp³-hybridized carbons (Fsp3) is 0.111. The molecule has 3 rings (SSSR count). The van der Waals surface area contributed by atoms with Crippen molar-refractivity contribution in [2.75, 3.05) is 7.05 Å². The number of amides is 1. The molecule has 1 amide bonds. The lowest BCUT2D eigenvalue weighted by atomic mass is 10.1. The summed E-state index contributed by atoms with van der Waals surface area (Å²) in [5.74, 6) is -0.897. The number of H-pyrrole nitrogens is 1. The lowest BCUT2D eigenvalue weighted by Crippen LogP contribution is -2.29. The van der Waals surface area contributed by atoms with Crippen molar-refractivity contribution in [1.82, 2.24) is 9.88 Å². The number of halogens is 2. The van der Waals surface area contributed by atoms with Gasteiger partial charge in [0.05, 0.1) is 6.54 Å². The van der Waals surface area contributed by atoms with E-state index in [4.69, 9.17) is 11.6 Å². The van der Waals surface area contributed by atoms with E-state index in [1.165, 1.54) is 24.1 Å². The van der Waals surface area contributed by atoms with E-state index in [-0.39, 0.29) is 28.4 Å². The summed E-state index contributed by atoms with van der Waals surface area (Å²) in [5, 5.41) is 1.43. The lowest BCUT2D eigenvalue weighted by Gasteiger charge is -2.18. The van der Waals surface area contributed by atoms with Crippen LogP contribution in [0.5, 0.6) is 0 Å². The Morgan fingerprint density at radius 3 is 2.71 bits per heavy atom. The van der Waals surface area contributed by atoms with Gasteiger partial charge in [0.25, 0.3) is 11.5 Å². The fourth-order valence-electron chi connectivity index (χ4n) is 2.52. The first-order valence-corrected chi connectivity index (χ1v) is 7.65. The number of hydrogen-bond acceptors (Lipinski definition) is 2. The molecule has 0 radical (unpaired) electrons. The van der Waals surface area contributed by atoms with Gasteiger partial charge in [0.1, 0.15) is 11.5 Å². The van der Waals surface area contributed by atoms with Gasteiger partial charge in [-0.05, 0) is 29.7 Å². The molecule has 0 saturated carbocycles. The maximum Gasteiger partial charge on any atom is 0.270 e. The van der Waals surface area contributed by atoms with Crippen molar-refractivity contribution in [2.45, 2.75) is 6.54 Å². The van der Waals surface area contributed by atoms with Crippen molar-refractivity contribution in [1.29, 1.82) is 0 Å². The van der Waals surface area contributed by atoms with Gasteiger partial charge in [-0.3, -0.25) is 9.59 Å². The molecule has 0 fully saturated rings. The third-order valence-electron chi connectivity index (χ3n) is 3.79. The lowest BCUT2D eigenvalue weighted by molar-refractivity contribution is 0.0778. The molecule has 2 aromatic carbocycles. The topological polar surface area (TPSA) is 53.2 Å². The Bertz CT molecular complexity index is 964. The second kappa shape index (κ2) is 6.45. The van der Waals surface area contributed by atoms with Crippen molar-refractivity contribution in [3.05, 3.63) is 81.0 Å². The summed E-state index contributed by atoms with van der Waals surface area (Å²) >= 11 is 5.99. The molecule has 0 aliphatic rings. The second-order valence-corrected chi connectivity index (χ2v) is 5.87. The summed E-state index contributed by atoms with van der Waals surface area (Å²) < 4.78 is 13.9. The summed E-state index contributed by atoms with van der Waals surface area (Å²) in [5.41, 5.74) is 0.0422. The van der Waals surface area contributed by atoms with Gasteiger partial charge in [-0.15, -0.1) is 0 Å². The van der Waals surface area contributed by atoms with Crippen molar-refractivity contribution in [2.24, 2.45) is 0 Å². The molecule has 4 nitrogen and oxygen atoms in total. The van der Waals surface area contributed by atoms with E-state index in [0.717, 1.165) is 0 Å². The predicted molar refractivity (Wildman–Crippen MR) is 91.8 cm³/mol. The second-order valence-electron chi connectivity index (χ2n) is 5.46. The average molecular weight is 345 g/mol. The summed E-state index contributed by atoms with van der Waals surface area (Å²) in [6, 6.07) is 13.0. The van der Waals surface area contributed by atoms with Crippen LogP contribution in [0.4, 0.5) is 4.39 Å². The molecule has 0 spiro atoms. The maximum atomic E-state index is 13.9. The normalized spacial score (nSPS) is 10.8. The number of pyridine rings is 1. The smallest absolute Gasteiger partial charge is 0.270 e. The average Bonchev–Trinajstić information content (AvgIpc) is 2.57. The largest absolute Gasteiger partial charge is 0.336 e. The molecule has 0 unspecified atom stereocenters. The van der Waals surface area contributed by atoms with E-state index in [1.54, 1.807) is 36.4 Å². The zero-order valence-corrected chi connectivity index (χ0v) is 13.6. The number of nitrogens with zero attached hydrogens (tertiary/aromatic N) is 1. The van der Waals surface area contributed by atoms with Crippen LogP contribution in [-0.2, 0) is 6.54 Å². The van der Waals surface area contributed by atoms with Gasteiger partial charge in [0.2, 0.25) is 0 Å². The van der Waals surface area contributed by atoms with Gasteiger partial charge < -0.3 is 9.88 Å². The molecule has 122 valence electrons. The van der Waals surface area contributed by atoms with Crippen LogP contribution < -0.4 is 5.56 Å². The molecular formula is C18H14ClFN2O2. The highest BCUT2D eigenvalue weighted by Gasteiger charge is 2.17. The first-order valence-electron chi connectivity index (χ1n) is 7.28. The van der Waals surface area contributed by atoms with Crippen molar-refractivity contribution >= 4 is 28.3 Å². The molecule has 24 heavy (non-hydrogen) atoms. The third kappa shape index (κ3) is 3.03. The maximum absolute atomic E-state index is 13.9. The molecule has 6 heteroatoms. The zero-order chi connectivity index (χ0) is 17.3. The van der Waals surface area contributed by atoms with Crippen LogP contribution >= 0.6 is 11.6 Å². The Balaban J connectivity index is 1.93. The molecule has 0 atom stereocenters. The van der Waals surface area contributed by atoms with Crippen molar-refractivity contribution in [3.8, 4) is 0 Å². The molecule has 3 aromatic rings. The number of hydrogen-bond donors (Lipinski definition) is 1. The number of nitrogens with one attached hydrogen (secondary N) is 1. The summed E-state index contributed by atoms with van der Waals surface area (Å²) in [6.07, 6.45) is 0. The van der Waals surface area contributed by atoms with Crippen LogP contribution in [0.1, 0.15) is 16.1 Å². The summed E-state index contributed by atoms with van der Waals surface area (Å²) in [6.45, 7) is -0.000796. The van der Waals surface area contributed by atoms with E-state index >= 15 is 0 Å². The zero-order valence-electron chi connectivity index (χ0n) is 12.8. The SMILES string of the molecule is CN(Cc1c(F)cccc1Cl)C(=O)c1cc2ccccc2c(=O)[nH]1. The van der Waals surface area contributed by atoms with Gasteiger partial charge in [0.15, 0.2) is 0 Å². The van der Waals surface area contributed by atoms with E-state index in [0.29, 0.717) is 10.8 Å². The Kier molecular flexibility index (Phi) is 4.36. The number of fused-ring (bicyclic) bond motifs is 1. The number of rotatable bonds is 3.